The first kappa shape index (κ1) is 12.0. The van der Waals surface area contributed by atoms with Crippen LogP contribution in [0.25, 0.3) is 0 Å². The number of hydrogen-bond acceptors (Lipinski definition) is 2. The fourth-order valence-electron chi connectivity index (χ4n) is 2.17. The maximum absolute atomic E-state index is 11.3. The molecule has 0 saturated carbocycles. The van der Waals surface area contributed by atoms with Crippen molar-refractivity contribution in [3.63, 3.8) is 0 Å². The molecule has 1 fully saturated rings. The average molecular weight is 213 g/mol. The summed E-state index contributed by atoms with van der Waals surface area (Å²) in [5.74, 6) is -1.07. The van der Waals surface area contributed by atoms with Crippen LogP contribution in [-0.2, 0) is 9.59 Å². The monoisotopic (exact) mass is 213 g/mol. The molecule has 1 N–H and O–H groups in total. The first-order valence-electron chi connectivity index (χ1n) is 5.52. The van der Waals surface area contributed by atoms with Gasteiger partial charge in [0.15, 0.2) is 0 Å². The van der Waals surface area contributed by atoms with Crippen molar-refractivity contribution in [1.29, 1.82) is 0 Å². The maximum atomic E-state index is 11.3. The van der Waals surface area contributed by atoms with Crippen molar-refractivity contribution < 1.29 is 14.7 Å². The van der Waals surface area contributed by atoms with Crippen LogP contribution >= 0.6 is 0 Å². The number of piperidine rings is 1. The van der Waals surface area contributed by atoms with Crippen molar-refractivity contribution in [2.24, 2.45) is 5.92 Å². The Kier molecular flexibility index (Phi) is 4.12. The number of aliphatic carboxylic acids is 1. The molecule has 0 radical (unpaired) electrons. The quantitative estimate of drug-likeness (QED) is 0.772. The molecular weight excluding hydrogens is 194 g/mol. The molecule has 0 spiro atoms. The maximum Gasteiger partial charge on any atom is 0.306 e. The molecule has 1 rings (SSSR count). The summed E-state index contributed by atoms with van der Waals surface area (Å²) in [5.41, 5.74) is 0. The van der Waals surface area contributed by atoms with Gasteiger partial charge in [0.2, 0.25) is 5.91 Å². The number of likely N-dealkylation sites (tertiary alicyclic amines) is 1. The lowest BCUT2D eigenvalue weighted by Gasteiger charge is -2.36. The molecule has 86 valence electrons. The Labute approximate surface area is 90.3 Å². The second-order valence-corrected chi connectivity index (χ2v) is 4.34. The van der Waals surface area contributed by atoms with Crippen LogP contribution in [0, 0.1) is 5.92 Å². The molecule has 2 atom stereocenters. The van der Waals surface area contributed by atoms with Gasteiger partial charge in [-0.3, -0.25) is 9.59 Å². The standard InChI is InChI=1S/C11H19NO3/c1-8(11(14)15)7-10-5-3-4-6-12(10)9(2)13/h8,10H,3-7H2,1-2H3,(H,14,15). The predicted molar refractivity (Wildman–Crippen MR) is 56.4 cm³/mol. The molecule has 4 nitrogen and oxygen atoms in total. The number of hydrogen-bond donors (Lipinski definition) is 1. The molecule has 0 aromatic heterocycles. The van der Waals surface area contributed by atoms with Gasteiger partial charge in [-0.05, 0) is 25.7 Å². The Balaban J connectivity index is 2.56. The molecule has 1 heterocycles. The Morgan fingerprint density at radius 2 is 2.13 bits per heavy atom. The van der Waals surface area contributed by atoms with Crippen molar-refractivity contribution in [2.45, 2.75) is 45.6 Å². The summed E-state index contributed by atoms with van der Waals surface area (Å²) in [6, 6.07) is 0.127. The summed E-state index contributed by atoms with van der Waals surface area (Å²) in [4.78, 5) is 23.9. The zero-order valence-electron chi connectivity index (χ0n) is 9.40. The van der Waals surface area contributed by atoms with E-state index in [4.69, 9.17) is 5.11 Å². The molecule has 15 heavy (non-hydrogen) atoms. The van der Waals surface area contributed by atoms with E-state index in [0.29, 0.717) is 6.42 Å². The van der Waals surface area contributed by atoms with Crippen LogP contribution in [0.2, 0.25) is 0 Å². The zero-order chi connectivity index (χ0) is 11.4. The minimum Gasteiger partial charge on any atom is -0.481 e. The third-order valence-electron chi connectivity index (χ3n) is 3.08. The molecular formula is C11H19NO3. The van der Waals surface area contributed by atoms with E-state index in [-0.39, 0.29) is 17.9 Å². The Bertz CT molecular complexity index is 252. The summed E-state index contributed by atoms with van der Waals surface area (Å²) in [5, 5.41) is 8.83. The minimum atomic E-state index is -0.774. The summed E-state index contributed by atoms with van der Waals surface area (Å²) in [6.07, 6.45) is 3.66. The van der Waals surface area contributed by atoms with Gasteiger partial charge in [0.1, 0.15) is 0 Å². The molecule has 0 aromatic rings. The van der Waals surface area contributed by atoms with Gasteiger partial charge in [0.05, 0.1) is 5.92 Å². The summed E-state index contributed by atoms with van der Waals surface area (Å²) in [7, 11) is 0. The van der Waals surface area contributed by atoms with Gasteiger partial charge in [-0.25, -0.2) is 0 Å². The number of carbonyl (C=O) groups excluding carboxylic acids is 1. The van der Waals surface area contributed by atoms with Gasteiger partial charge in [-0.2, -0.15) is 0 Å². The highest BCUT2D eigenvalue weighted by Gasteiger charge is 2.27. The Morgan fingerprint density at radius 3 is 2.67 bits per heavy atom. The van der Waals surface area contributed by atoms with Crippen LogP contribution in [0.5, 0.6) is 0 Å². The van der Waals surface area contributed by atoms with Crippen molar-refractivity contribution in [1.82, 2.24) is 4.90 Å². The number of nitrogens with zero attached hydrogens (tertiary/aromatic N) is 1. The second-order valence-electron chi connectivity index (χ2n) is 4.34. The van der Waals surface area contributed by atoms with Gasteiger partial charge < -0.3 is 10.0 Å². The largest absolute Gasteiger partial charge is 0.481 e. The number of carboxylic acids is 1. The highest BCUT2D eigenvalue weighted by atomic mass is 16.4. The lowest BCUT2D eigenvalue weighted by atomic mass is 9.93. The van der Waals surface area contributed by atoms with Crippen molar-refractivity contribution >= 4 is 11.9 Å². The summed E-state index contributed by atoms with van der Waals surface area (Å²) in [6.45, 7) is 4.05. The molecule has 1 saturated heterocycles. The number of carbonyl (C=O) groups is 2. The van der Waals surface area contributed by atoms with E-state index in [1.807, 2.05) is 4.90 Å². The van der Waals surface area contributed by atoms with E-state index >= 15 is 0 Å². The van der Waals surface area contributed by atoms with E-state index in [2.05, 4.69) is 0 Å². The predicted octanol–water partition coefficient (Wildman–Crippen LogP) is 1.50. The molecule has 2 unspecified atom stereocenters. The molecule has 0 aromatic carbocycles. The topological polar surface area (TPSA) is 57.6 Å². The Hall–Kier alpha value is -1.06. The first-order chi connectivity index (χ1) is 7.02. The van der Waals surface area contributed by atoms with E-state index in [1.165, 1.54) is 0 Å². The van der Waals surface area contributed by atoms with E-state index in [0.717, 1.165) is 25.8 Å². The lowest BCUT2D eigenvalue weighted by Crippen LogP contribution is -2.43. The highest BCUT2D eigenvalue weighted by molar-refractivity contribution is 5.74. The van der Waals surface area contributed by atoms with Gasteiger partial charge >= 0.3 is 5.97 Å². The molecule has 1 aliphatic heterocycles. The van der Waals surface area contributed by atoms with Crippen LogP contribution in [0.4, 0.5) is 0 Å². The second kappa shape index (κ2) is 5.14. The fourth-order valence-corrected chi connectivity index (χ4v) is 2.17. The molecule has 1 amide bonds. The molecule has 1 aliphatic rings. The lowest BCUT2D eigenvalue weighted by molar-refractivity contribution is -0.143. The fraction of sp³-hybridized carbons (Fsp3) is 0.818. The van der Waals surface area contributed by atoms with Crippen molar-refractivity contribution in [3.05, 3.63) is 0 Å². The third-order valence-corrected chi connectivity index (χ3v) is 3.08. The van der Waals surface area contributed by atoms with Gasteiger partial charge in [-0.1, -0.05) is 6.92 Å². The molecule has 4 heteroatoms. The summed E-state index contributed by atoms with van der Waals surface area (Å²) >= 11 is 0. The molecule has 0 bridgehead atoms. The third kappa shape index (κ3) is 3.22. The van der Waals surface area contributed by atoms with E-state index in [1.54, 1.807) is 13.8 Å². The average Bonchev–Trinajstić information content (AvgIpc) is 2.18. The van der Waals surface area contributed by atoms with E-state index < -0.39 is 5.97 Å². The normalized spacial score (nSPS) is 23.6. The SMILES string of the molecule is CC(=O)N1CCCCC1CC(C)C(=O)O. The van der Waals surface area contributed by atoms with Crippen molar-refractivity contribution in [2.75, 3.05) is 6.54 Å². The van der Waals surface area contributed by atoms with Gasteiger partial charge in [0.25, 0.3) is 0 Å². The van der Waals surface area contributed by atoms with Gasteiger partial charge in [0, 0.05) is 19.5 Å². The Morgan fingerprint density at radius 1 is 1.47 bits per heavy atom. The first-order valence-corrected chi connectivity index (χ1v) is 5.52. The van der Waals surface area contributed by atoms with Crippen LogP contribution < -0.4 is 0 Å². The number of carboxylic acid groups (broad SMARTS) is 1. The number of amides is 1. The van der Waals surface area contributed by atoms with Gasteiger partial charge in [-0.15, -0.1) is 0 Å². The minimum absolute atomic E-state index is 0.0669. The summed E-state index contributed by atoms with van der Waals surface area (Å²) < 4.78 is 0. The zero-order valence-corrected chi connectivity index (χ0v) is 9.40. The number of rotatable bonds is 3. The van der Waals surface area contributed by atoms with Crippen LogP contribution in [0.15, 0.2) is 0 Å². The van der Waals surface area contributed by atoms with Crippen molar-refractivity contribution in [3.8, 4) is 0 Å². The highest BCUT2D eigenvalue weighted by Crippen LogP contribution is 2.22. The van der Waals surface area contributed by atoms with Crippen LogP contribution in [-0.4, -0.2) is 34.5 Å². The van der Waals surface area contributed by atoms with E-state index in [9.17, 15) is 9.59 Å². The van der Waals surface area contributed by atoms with Crippen LogP contribution in [0.1, 0.15) is 39.5 Å². The molecule has 0 aliphatic carbocycles. The van der Waals surface area contributed by atoms with Crippen LogP contribution in [0.3, 0.4) is 0 Å². The smallest absolute Gasteiger partial charge is 0.306 e.